The molecule has 0 aromatic heterocycles. The molecule has 7 heteroatoms. The molecule has 0 bridgehead atoms. The van der Waals surface area contributed by atoms with Crippen LogP contribution >= 0.6 is 0 Å². The van der Waals surface area contributed by atoms with Crippen molar-refractivity contribution in [1.82, 2.24) is 4.90 Å². The Morgan fingerprint density at radius 2 is 1.97 bits per heavy atom. The lowest BCUT2D eigenvalue weighted by Gasteiger charge is -2.37. The second-order valence-electron chi connectivity index (χ2n) is 8.19. The Kier molecular flexibility index (Phi) is 6.42. The van der Waals surface area contributed by atoms with E-state index in [1.807, 2.05) is 54.4 Å². The quantitative estimate of drug-likeness (QED) is 0.743. The summed E-state index contributed by atoms with van der Waals surface area (Å²) in [5, 5.41) is 2.94. The van der Waals surface area contributed by atoms with Gasteiger partial charge in [-0.1, -0.05) is 12.1 Å². The monoisotopic (exact) mass is 422 g/mol. The number of likely N-dealkylation sites (N-methyl/N-ethyl adjacent to an activating group) is 2. The second-order valence-corrected chi connectivity index (χ2v) is 8.19. The van der Waals surface area contributed by atoms with Crippen LogP contribution in [0.15, 0.2) is 48.5 Å². The van der Waals surface area contributed by atoms with E-state index in [-0.39, 0.29) is 24.5 Å². The predicted octanol–water partition coefficient (Wildman–Crippen LogP) is 2.97. The summed E-state index contributed by atoms with van der Waals surface area (Å²) in [6, 6.07) is 15.5. The molecule has 7 nitrogen and oxygen atoms in total. The van der Waals surface area contributed by atoms with Crippen LogP contribution in [0.4, 0.5) is 17.1 Å². The van der Waals surface area contributed by atoms with Crippen molar-refractivity contribution in [2.24, 2.45) is 0 Å². The Morgan fingerprint density at radius 3 is 2.68 bits per heavy atom. The molecule has 0 spiro atoms. The van der Waals surface area contributed by atoms with Gasteiger partial charge in [0.05, 0.1) is 18.8 Å². The maximum absolute atomic E-state index is 12.5. The Labute approximate surface area is 183 Å². The number of benzene rings is 2. The van der Waals surface area contributed by atoms with Crippen LogP contribution in [0.3, 0.4) is 0 Å². The van der Waals surface area contributed by atoms with Crippen molar-refractivity contribution in [3.63, 3.8) is 0 Å². The Hall–Kier alpha value is -3.06. The van der Waals surface area contributed by atoms with Gasteiger partial charge in [0.1, 0.15) is 11.9 Å². The topological polar surface area (TPSA) is 65.1 Å². The molecule has 1 N–H and O–H groups in total. The van der Waals surface area contributed by atoms with E-state index in [9.17, 15) is 9.59 Å². The molecule has 1 atom stereocenters. The molecule has 164 valence electrons. The third-order valence-electron chi connectivity index (χ3n) is 5.77. The van der Waals surface area contributed by atoms with Crippen molar-refractivity contribution in [3.8, 4) is 5.75 Å². The molecule has 31 heavy (non-hydrogen) atoms. The molecule has 2 heterocycles. The van der Waals surface area contributed by atoms with Gasteiger partial charge >= 0.3 is 0 Å². The van der Waals surface area contributed by atoms with Crippen LogP contribution < -0.4 is 19.9 Å². The highest BCUT2D eigenvalue weighted by atomic mass is 16.5. The number of nitrogens with one attached hydrogen (secondary N) is 1. The maximum atomic E-state index is 12.5. The smallest absolute Gasteiger partial charge is 0.238 e. The highest BCUT2D eigenvalue weighted by Crippen LogP contribution is 2.32. The highest BCUT2D eigenvalue weighted by Gasteiger charge is 2.26. The molecule has 0 unspecified atom stereocenters. The second kappa shape index (κ2) is 9.39. The van der Waals surface area contributed by atoms with E-state index in [1.165, 1.54) is 0 Å². The normalized spacial score (nSPS) is 18.2. The van der Waals surface area contributed by atoms with E-state index < -0.39 is 0 Å². The van der Waals surface area contributed by atoms with Gasteiger partial charge < -0.3 is 19.9 Å². The zero-order valence-corrected chi connectivity index (χ0v) is 18.2. The summed E-state index contributed by atoms with van der Waals surface area (Å²) in [5.41, 5.74) is 2.74. The minimum Gasteiger partial charge on any atom is -0.485 e. The van der Waals surface area contributed by atoms with Crippen LogP contribution in [-0.4, -0.2) is 62.6 Å². The molecule has 2 amide bonds. The molecule has 2 aromatic carbocycles. The first-order valence-electron chi connectivity index (χ1n) is 10.9. The lowest BCUT2D eigenvalue weighted by atomic mass is 10.2. The number of nitrogens with zero attached hydrogens (tertiary/aromatic N) is 3. The van der Waals surface area contributed by atoms with Crippen LogP contribution in [0, 0.1) is 0 Å². The van der Waals surface area contributed by atoms with E-state index in [1.54, 1.807) is 4.90 Å². The van der Waals surface area contributed by atoms with Crippen LogP contribution in [0.2, 0.25) is 0 Å². The van der Waals surface area contributed by atoms with Gasteiger partial charge in [0, 0.05) is 37.4 Å². The van der Waals surface area contributed by atoms with Crippen molar-refractivity contribution >= 4 is 28.9 Å². The van der Waals surface area contributed by atoms with Crippen molar-refractivity contribution in [1.29, 1.82) is 0 Å². The van der Waals surface area contributed by atoms with Gasteiger partial charge in [-0.2, -0.15) is 0 Å². The summed E-state index contributed by atoms with van der Waals surface area (Å²) in [6.07, 6.45) is 1.51. The zero-order chi connectivity index (χ0) is 21.8. The summed E-state index contributed by atoms with van der Waals surface area (Å²) < 4.78 is 6.16. The Morgan fingerprint density at radius 1 is 1.19 bits per heavy atom. The number of fused-ring (bicyclic) bond motifs is 1. The summed E-state index contributed by atoms with van der Waals surface area (Å²) in [6.45, 7) is 5.56. The van der Waals surface area contributed by atoms with Gasteiger partial charge in [0.15, 0.2) is 0 Å². The molecule has 1 saturated heterocycles. The first-order valence-corrected chi connectivity index (χ1v) is 10.9. The summed E-state index contributed by atoms with van der Waals surface area (Å²) in [4.78, 5) is 30.5. The highest BCUT2D eigenvalue weighted by molar-refractivity contribution is 5.96. The first-order chi connectivity index (χ1) is 15.0. The number of amides is 2. The number of carbonyl (C=O) groups is 2. The molecule has 2 aliphatic heterocycles. The van der Waals surface area contributed by atoms with Crippen molar-refractivity contribution in [3.05, 3.63) is 48.5 Å². The van der Waals surface area contributed by atoms with Gasteiger partial charge in [0.2, 0.25) is 11.8 Å². The van der Waals surface area contributed by atoms with Gasteiger partial charge in [-0.3, -0.25) is 14.5 Å². The summed E-state index contributed by atoms with van der Waals surface area (Å²) in [7, 11) is 1.93. The van der Waals surface area contributed by atoms with E-state index in [0.29, 0.717) is 13.0 Å². The minimum absolute atomic E-state index is 0.00457. The third kappa shape index (κ3) is 4.99. The fourth-order valence-corrected chi connectivity index (χ4v) is 4.28. The molecule has 0 aliphatic carbocycles. The van der Waals surface area contributed by atoms with Gasteiger partial charge in [-0.15, -0.1) is 0 Å². The number of ether oxygens (including phenoxy) is 1. The minimum atomic E-state index is -0.0731. The van der Waals surface area contributed by atoms with Gasteiger partial charge in [0.25, 0.3) is 0 Å². The van der Waals surface area contributed by atoms with Crippen LogP contribution in [0.1, 0.15) is 19.8 Å². The van der Waals surface area contributed by atoms with E-state index in [0.717, 1.165) is 48.9 Å². The molecular weight excluding hydrogens is 392 g/mol. The van der Waals surface area contributed by atoms with Crippen molar-refractivity contribution in [2.45, 2.75) is 25.9 Å². The maximum Gasteiger partial charge on any atom is 0.238 e. The number of hydrogen-bond acceptors (Lipinski definition) is 5. The number of hydrogen-bond donors (Lipinski definition) is 1. The van der Waals surface area contributed by atoms with Gasteiger partial charge in [-0.25, -0.2) is 0 Å². The Balaban J connectivity index is 1.28. The molecule has 4 rings (SSSR count). The van der Waals surface area contributed by atoms with E-state index in [4.69, 9.17) is 4.74 Å². The number of carbonyl (C=O) groups excluding carboxylic acids is 2. The molecular formula is C24H30N4O3. The number of anilines is 3. The number of rotatable bonds is 7. The standard InChI is InChI=1S/C24H30N4O3/c1-3-27-16-20(31-22-8-5-4-7-21(22)27)15-26(2)17-23(29)25-18-10-12-19(13-11-18)28-14-6-9-24(28)30/h4-5,7-8,10-13,20H,3,6,9,14-17H2,1-2H3,(H,25,29)/t20-/m1/s1. The molecule has 0 radical (unpaired) electrons. The molecule has 1 fully saturated rings. The Bertz CT molecular complexity index is 931. The van der Waals surface area contributed by atoms with Crippen molar-refractivity contribution < 1.29 is 14.3 Å². The fraction of sp³-hybridized carbons (Fsp3) is 0.417. The summed E-state index contributed by atoms with van der Waals surface area (Å²) in [5.74, 6) is 0.985. The van der Waals surface area contributed by atoms with Crippen LogP contribution in [0.5, 0.6) is 5.75 Å². The van der Waals surface area contributed by atoms with E-state index in [2.05, 4.69) is 23.2 Å². The average molecular weight is 423 g/mol. The third-order valence-corrected chi connectivity index (χ3v) is 5.77. The average Bonchev–Trinajstić information content (AvgIpc) is 3.19. The summed E-state index contributed by atoms with van der Waals surface area (Å²) >= 11 is 0. The lowest BCUT2D eigenvalue weighted by molar-refractivity contribution is -0.118. The number of para-hydroxylation sites is 2. The molecule has 2 aromatic rings. The van der Waals surface area contributed by atoms with E-state index >= 15 is 0 Å². The zero-order valence-electron chi connectivity index (χ0n) is 18.2. The fourth-order valence-electron chi connectivity index (χ4n) is 4.28. The van der Waals surface area contributed by atoms with Crippen LogP contribution in [0.25, 0.3) is 0 Å². The SMILES string of the molecule is CCN1C[C@@H](CN(C)CC(=O)Nc2ccc(N3CCCC3=O)cc2)Oc2ccccc21. The van der Waals surface area contributed by atoms with Gasteiger partial charge in [-0.05, 0) is 56.8 Å². The lowest BCUT2D eigenvalue weighted by Crippen LogP contribution is -2.46. The first kappa shape index (κ1) is 21.2. The van der Waals surface area contributed by atoms with Crippen LogP contribution in [-0.2, 0) is 9.59 Å². The largest absolute Gasteiger partial charge is 0.485 e. The van der Waals surface area contributed by atoms with Crippen molar-refractivity contribution in [2.75, 3.05) is 54.9 Å². The molecule has 2 aliphatic rings. The molecule has 0 saturated carbocycles. The predicted molar refractivity (Wildman–Crippen MR) is 123 cm³/mol.